The molecule has 2 heterocycles. The van der Waals surface area contributed by atoms with Crippen LogP contribution in [0.1, 0.15) is 44.9 Å². The molecule has 2 aliphatic heterocycles. The number of aliphatic carboxylic acids is 1. The van der Waals surface area contributed by atoms with Crippen LogP contribution in [0.25, 0.3) is 0 Å². The zero-order chi connectivity index (χ0) is 15.1. The van der Waals surface area contributed by atoms with Crippen molar-refractivity contribution in [2.75, 3.05) is 26.4 Å². The molecule has 2 N–H and O–H groups in total. The lowest BCUT2D eigenvalue weighted by Gasteiger charge is -2.37. The summed E-state index contributed by atoms with van der Waals surface area (Å²) in [6.45, 7) is 2.58. The van der Waals surface area contributed by atoms with Gasteiger partial charge in [0.05, 0.1) is 12.0 Å². The van der Waals surface area contributed by atoms with E-state index in [1.165, 1.54) is 0 Å². The van der Waals surface area contributed by atoms with E-state index in [1.807, 2.05) is 0 Å². The SMILES string of the molecule is O=C(O)CC1(NC(=O)CCC2CCOCC2)CCOCC1. The number of nitrogens with one attached hydrogen (secondary N) is 1. The summed E-state index contributed by atoms with van der Waals surface area (Å²) in [7, 11) is 0. The van der Waals surface area contributed by atoms with Crippen LogP contribution in [0, 0.1) is 5.92 Å². The molecule has 0 atom stereocenters. The lowest BCUT2D eigenvalue weighted by atomic mass is 9.86. The van der Waals surface area contributed by atoms with Gasteiger partial charge in [-0.2, -0.15) is 0 Å². The molecule has 2 saturated heterocycles. The van der Waals surface area contributed by atoms with Crippen molar-refractivity contribution in [3.05, 3.63) is 0 Å². The Labute approximate surface area is 125 Å². The van der Waals surface area contributed by atoms with Crippen molar-refractivity contribution >= 4 is 11.9 Å². The van der Waals surface area contributed by atoms with Crippen molar-refractivity contribution in [1.29, 1.82) is 0 Å². The predicted molar refractivity (Wildman–Crippen MR) is 76.0 cm³/mol. The molecule has 0 aromatic heterocycles. The van der Waals surface area contributed by atoms with E-state index in [0.717, 1.165) is 32.5 Å². The fourth-order valence-electron chi connectivity index (χ4n) is 3.13. The van der Waals surface area contributed by atoms with Gasteiger partial charge in [-0.1, -0.05) is 0 Å². The third kappa shape index (κ3) is 5.28. The van der Waals surface area contributed by atoms with E-state index in [4.69, 9.17) is 14.6 Å². The first-order valence-electron chi connectivity index (χ1n) is 7.78. The second-order valence-corrected chi connectivity index (χ2v) is 6.11. The molecule has 120 valence electrons. The number of carbonyl (C=O) groups is 2. The molecule has 0 saturated carbocycles. The fourth-order valence-corrected chi connectivity index (χ4v) is 3.13. The van der Waals surface area contributed by atoms with Gasteiger partial charge in [0.2, 0.25) is 5.91 Å². The van der Waals surface area contributed by atoms with Gasteiger partial charge in [-0.3, -0.25) is 9.59 Å². The summed E-state index contributed by atoms with van der Waals surface area (Å²) in [5.41, 5.74) is -0.628. The van der Waals surface area contributed by atoms with Gasteiger partial charge in [0, 0.05) is 32.8 Å². The van der Waals surface area contributed by atoms with E-state index >= 15 is 0 Å². The number of carboxylic acids is 1. The molecule has 0 aromatic carbocycles. The minimum atomic E-state index is -0.873. The number of amides is 1. The lowest BCUT2D eigenvalue weighted by Crippen LogP contribution is -2.53. The van der Waals surface area contributed by atoms with Gasteiger partial charge in [-0.05, 0) is 38.0 Å². The average molecular weight is 299 g/mol. The highest BCUT2D eigenvalue weighted by Gasteiger charge is 2.36. The van der Waals surface area contributed by atoms with E-state index in [2.05, 4.69) is 5.32 Å². The first-order valence-corrected chi connectivity index (χ1v) is 7.78. The summed E-state index contributed by atoms with van der Waals surface area (Å²) in [6, 6.07) is 0. The smallest absolute Gasteiger partial charge is 0.305 e. The maximum Gasteiger partial charge on any atom is 0.305 e. The van der Waals surface area contributed by atoms with Gasteiger partial charge in [-0.25, -0.2) is 0 Å². The molecule has 1 amide bonds. The molecule has 6 heteroatoms. The van der Waals surface area contributed by atoms with Crippen molar-refractivity contribution in [3.8, 4) is 0 Å². The van der Waals surface area contributed by atoms with Crippen LogP contribution >= 0.6 is 0 Å². The highest BCUT2D eigenvalue weighted by molar-refractivity contribution is 5.78. The topological polar surface area (TPSA) is 84.9 Å². The Bertz CT molecular complexity index is 359. The Morgan fingerprint density at radius 3 is 2.33 bits per heavy atom. The second-order valence-electron chi connectivity index (χ2n) is 6.11. The zero-order valence-electron chi connectivity index (χ0n) is 12.4. The van der Waals surface area contributed by atoms with Crippen LogP contribution in [0.4, 0.5) is 0 Å². The van der Waals surface area contributed by atoms with Gasteiger partial charge in [-0.15, -0.1) is 0 Å². The summed E-state index contributed by atoms with van der Waals surface area (Å²) in [6.07, 6.45) is 4.47. The number of hydrogen-bond acceptors (Lipinski definition) is 4. The van der Waals surface area contributed by atoms with Crippen LogP contribution in [0.5, 0.6) is 0 Å². The Balaban J connectivity index is 1.81. The first-order chi connectivity index (χ1) is 10.1. The number of carboxylic acid groups (broad SMARTS) is 1. The first kappa shape index (κ1) is 16.2. The number of hydrogen-bond donors (Lipinski definition) is 2. The van der Waals surface area contributed by atoms with E-state index in [0.29, 0.717) is 38.4 Å². The number of carbonyl (C=O) groups excluding carboxylic acids is 1. The highest BCUT2D eigenvalue weighted by atomic mass is 16.5. The Morgan fingerprint density at radius 2 is 1.71 bits per heavy atom. The summed E-state index contributed by atoms with van der Waals surface area (Å²) in [5.74, 6) is -0.360. The van der Waals surface area contributed by atoms with Crippen LogP contribution in [0.3, 0.4) is 0 Å². The van der Waals surface area contributed by atoms with Crippen LogP contribution in [0.2, 0.25) is 0 Å². The molecule has 0 spiro atoms. The Hall–Kier alpha value is -1.14. The van der Waals surface area contributed by atoms with E-state index in [9.17, 15) is 9.59 Å². The molecule has 0 aliphatic carbocycles. The summed E-state index contributed by atoms with van der Waals surface area (Å²) >= 11 is 0. The molecule has 0 aromatic rings. The minimum Gasteiger partial charge on any atom is -0.481 e. The van der Waals surface area contributed by atoms with Crippen LogP contribution in [0.15, 0.2) is 0 Å². The molecule has 2 aliphatic rings. The van der Waals surface area contributed by atoms with E-state index in [1.54, 1.807) is 0 Å². The minimum absolute atomic E-state index is 0.0284. The largest absolute Gasteiger partial charge is 0.481 e. The van der Waals surface area contributed by atoms with Gasteiger partial charge in [0.15, 0.2) is 0 Å². The standard InChI is InChI=1S/C15H25NO5/c17-13(2-1-12-3-7-20-8-4-12)16-15(11-14(18)19)5-9-21-10-6-15/h12H,1-11H2,(H,16,17)(H,18,19). The van der Waals surface area contributed by atoms with E-state index in [-0.39, 0.29) is 12.3 Å². The number of rotatable bonds is 6. The summed E-state index contributed by atoms with van der Waals surface area (Å²) in [5, 5.41) is 12.0. The zero-order valence-corrected chi connectivity index (χ0v) is 12.4. The normalized spacial score (nSPS) is 22.7. The van der Waals surface area contributed by atoms with Crippen molar-refractivity contribution in [3.63, 3.8) is 0 Å². The van der Waals surface area contributed by atoms with Gasteiger partial charge < -0.3 is 19.9 Å². The second kappa shape index (κ2) is 7.75. The molecule has 2 fully saturated rings. The third-order valence-electron chi connectivity index (χ3n) is 4.46. The molecule has 0 bridgehead atoms. The van der Waals surface area contributed by atoms with E-state index < -0.39 is 11.5 Å². The van der Waals surface area contributed by atoms with Crippen LogP contribution in [-0.2, 0) is 19.1 Å². The highest BCUT2D eigenvalue weighted by Crippen LogP contribution is 2.26. The van der Waals surface area contributed by atoms with Gasteiger partial charge in [0.1, 0.15) is 0 Å². The molecule has 6 nitrogen and oxygen atoms in total. The fraction of sp³-hybridized carbons (Fsp3) is 0.867. The summed E-state index contributed by atoms with van der Waals surface area (Å²) in [4.78, 5) is 23.2. The van der Waals surface area contributed by atoms with Crippen LogP contribution in [-0.4, -0.2) is 48.9 Å². The molecule has 0 radical (unpaired) electrons. The number of ether oxygens (including phenoxy) is 2. The Morgan fingerprint density at radius 1 is 1.10 bits per heavy atom. The van der Waals surface area contributed by atoms with Crippen molar-refractivity contribution < 1.29 is 24.2 Å². The quantitative estimate of drug-likeness (QED) is 0.773. The van der Waals surface area contributed by atoms with Crippen molar-refractivity contribution in [1.82, 2.24) is 5.32 Å². The van der Waals surface area contributed by atoms with Crippen molar-refractivity contribution in [2.45, 2.75) is 50.5 Å². The van der Waals surface area contributed by atoms with Gasteiger partial charge in [0.25, 0.3) is 0 Å². The summed E-state index contributed by atoms with van der Waals surface area (Å²) < 4.78 is 10.6. The van der Waals surface area contributed by atoms with Crippen LogP contribution < -0.4 is 5.32 Å². The Kier molecular flexibility index (Phi) is 5.99. The average Bonchev–Trinajstić information content (AvgIpc) is 2.46. The molecule has 21 heavy (non-hydrogen) atoms. The van der Waals surface area contributed by atoms with Gasteiger partial charge >= 0.3 is 5.97 Å². The third-order valence-corrected chi connectivity index (χ3v) is 4.46. The maximum absolute atomic E-state index is 12.2. The lowest BCUT2D eigenvalue weighted by molar-refractivity contribution is -0.140. The molecule has 0 unspecified atom stereocenters. The molecular formula is C15H25NO5. The monoisotopic (exact) mass is 299 g/mol. The predicted octanol–water partition coefficient (Wildman–Crippen LogP) is 1.33. The molecular weight excluding hydrogens is 274 g/mol. The molecule has 2 rings (SSSR count). The maximum atomic E-state index is 12.2. The van der Waals surface area contributed by atoms with Crippen molar-refractivity contribution in [2.24, 2.45) is 5.92 Å².